The lowest BCUT2D eigenvalue weighted by atomic mass is 10.0. The summed E-state index contributed by atoms with van der Waals surface area (Å²) in [5.74, 6) is -1.30. The summed E-state index contributed by atoms with van der Waals surface area (Å²) in [5.41, 5.74) is 0.605. The molecule has 0 aromatic heterocycles. The van der Waals surface area contributed by atoms with Gasteiger partial charge >= 0.3 is 12.0 Å². The molecule has 7 nitrogen and oxygen atoms in total. The lowest BCUT2D eigenvalue weighted by molar-refractivity contribution is -0.157. The van der Waals surface area contributed by atoms with Gasteiger partial charge in [0.2, 0.25) is 0 Å². The van der Waals surface area contributed by atoms with E-state index >= 15 is 0 Å². The smallest absolute Gasteiger partial charge is 0.329 e. The molecule has 0 saturated carbocycles. The number of hydrogen-bond acceptors (Lipinski definition) is 4. The Bertz CT molecular complexity index is 602. The van der Waals surface area contributed by atoms with Crippen LogP contribution in [0.25, 0.3) is 0 Å². The van der Waals surface area contributed by atoms with E-state index in [-0.39, 0.29) is 12.5 Å². The number of anilines is 1. The van der Waals surface area contributed by atoms with Crippen LogP contribution >= 0.6 is 0 Å². The summed E-state index contributed by atoms with van der Waals surface area (Å²) in [4.78, 5) is 36.1. The Morgan fingerprint density at radius 1 is 1.16 bits per heavy atom. The van der Waals surface area contributed by atoms with Gasteiger partial charge in [-0.1, -0.05) is 38.1 Å². The van der Waals surface area contributed by atoms with Gasteiger partial charge in [-0.05, 0) is 25.0 Å². The number of para-hydroxylation sites is 1. The van der Waals surface area contributed by atoms with Gasteiger partial charge in [0.25, 0.3) is 5.91 Å². The monoisotopic (exact) mass is 347 g/mol. The Kier molecular flexibility index (Phi) is 8.18. The Hall–Kier alpha value is -2.83. The van der Waals surface area contributed by atoms with E-state index in [1.54, 1.807) is 38.1 Å². The van der Waals surface area contributed by atoms with E-state index in [0.29, 0.717) is 5.69 Å². The predicted molar refractivity (Wildman–Crippen MR) is 96.0 cm³/mol. The Morgan fingerprint density at radius 2 is 1.80 bits per heavy atom. The average Bonchev–Trinajstić information content (AvgIpc) is 2.57. The molecule has 0 unspecified atom stereocenters. The van der Waals surface area contributed by atoms with Crippen LogP contribution in [0.3, 0.4) is 0 Å². The molecule has 1 rings (SSSR count). The highest BCUT2D eigenvalue weighted by molar-refractivity contribution is 5.93. The number of urea groups is 1. The van der Waals surface area contributed by atoms with Crippen LogP contribution in [0, 0.1) is 5.92 Å². The van der Waals surface area contributed by atoms with Crippen molar-refractivity contribution in [2.75, 3.05) is 11.9 Å². The molecule has 0 bridgehead atoms. The van der Waals surface area contributed by atoms with E-state index in [1.807, 2.05) is 6.07 Å². The number of carbonyl (C=O) groups is 3. The first kappa shape index (κ1) is 20.2. The quantitative estimate of drug-likeness (QED) is 0.495. The van der Waals surface area contributed by atoms with Crippen molar-refractivity contribution in [1.29, 1.82) is 0 Å². The molecule has 1 aromatic carbocycles. The lowest BCUT2D eigenvalue weighted by Gasteiger charge is -2.23. The summed E-state index contributed by atoms with van der Waals surface area (Å²) in [7, 11) is 0. The second-order valence-corrected chi connectivity index (χ2v) is 5.80. The first-order valence-electron chi connectivity index (χ1n) is 8.06. The number of amides is 3. The largest absolute Gasteiger partial charge is 0.451 e. The minimum atomic E-state index is -0.965. The highest BCUT2D eigenvalue weighted by atomic mass is 16.5. The number of nitrogens with one attached hydrogen (secondary N) is 3. The van der Waals surface area contributed by atoms with Crippen molar-refractivity contribution in [3.63, 3.8) is 0 Å². The van der Waals surface area contributed by atoms with Gasteiger partial charge in [0.15, 0.2) is 6.10 Å². The molecule has 0 spiro atoms. The first-order valence-corrected chi connectivity index (χ1v) is 8.06. The van der Waals surface area contributed by atoms with Crippen LogP contribution in [0.2, 0.25) is 0 Å². The average molecular weight is 347 g/mol. The zero-order valence-corrected chi connectivity index (χ0v) is 14.7. The van der Waals surface area contributed by atoms with E-state index in [4.69, 9.17) is 4.74 Å². The Balaban J connectivity index is 2.62. The van der Waals surface area contributed by atoms with Gasteiger partial charge in [0, 0.05) is 12.2 Å². The molecule has 0 heterocycles. The molecule has 136 valence electrons. The number of ether oxygens (including phenoxy) is 1. The molecule has 0 aliphatic carbocycles. The molecule has 2 atom stereocenters. The van der Waals surface area contributed by atoms with Crippen molar-refractivity contribution in [2.45, 2.75) is 32.9 Å². The van der Waals surface area contributed by atoms with Gasteiger partial charge < -0.3 is 20.7 Å². The third kappa shape index (κ3) is 7.07. The SMILES string of the molecule is C=CCNC(=O)[C@@H](C)OC(=O)[C@H](NC(=O)Nc1ccccc1)C(C)C. The second kappa shape index (κ2) is 10.1. The number of benzene rings is 1. The van der Waals surface area contributed by atoms with Crippen molar-refractivity contribution >= 4 is 23.6 Å². The van der Waals surface area contributed by atoms with Gasteiger partial charge in [-0.15, -0.1) is 6.58 Å². The van der Waals surface area contributed by atoms with Crippen molar-refractivity contribution < 1.29 is 19.1 Å². The van der Waals surface area contributed by atoms with E-state index in [1.165, 1.54) is 13.0 Å². The standard InChI is InChI=1S/C18H25N3O4/c1-5-11-19-16(22)13(4)25-17(23)15(12(2)3)21-18(24)20-14-9-7-6-8-10-14/h5-10,12-13,15H,1,11H2,2-4H3,(H,19,22)(H2,20,21,24)/t13-,15-/m1/s1. The second-order valence-electron chi connectivity index (χ2n) is 5.80. The van der Waals surface area contributed by atoms with Gasteiger partial charge in [-0.3, -0.25) is 4.79 Å². The van der Waals surface area contributed by atoms with E-state index in [0.717, 1.165) is 0 Å². The number of esters is 1. The maximum Gasteiger partial charge on any atom is 0.329 e. The van der Waals surface area contributed by atoms with Gasteiger partial charge in [-0.2, -0.15) is 0 Å². The third-order valence-electron chi connectivity index (χ3n) is 3.32. The zero-order valence-electron chi connectivity index (χ0n) is 14.7. The van der Waals surface area contributed by atoms with Crippen LogP contribution in [-0.2, 0) is 14.3 Å². The predicted octanol–water partition coefficient (Wildman–Crippen LogP) is 2.07. The summed E-state index contributed by atoms with van der Waals surface area (Å²) < 4.78 is 5.16. The fourth-order valence-electron chi connectivity index (χ4n) is 1.95. The molecule has 0 aliphatic heterocycles. The number of hydrogen-bond donors (Lipinski definition) is 3. The molecule has 3 amide bonds. The van der Waals surface area contributed by atoms with Gasteiger partial charge in [0.05, 0.1) is 0 Å². The van der Waals surface area contributed by atoms with Crippen LogP contribution in [0.1, 0.15) is 20.8 Å². The van der Waals surface area contributed by atoms with E-state index in [9.17, 15) is 14.4 Å². The summed E-state index contributed by atoms with van der Waals surface area (Å²) >= 11 is 0. The minimum absolute atomic E-state index is 0.211. The van der Waals surface area contributed by atoms with Crippen LogP contribution in [0.15, 0.2) is 43.0 Å². The maximum absolute atomic E-state index is 12.3. The van der Waals surface area contributed by atoms with Crippen molar-refractivity contribution in [3.05, 3.63) is 43.0 Å². The zero-order chi connectivity index (χ0) is 18.8. The Labute approximate surface area is 147 Å². The van der Waals surface area contributed by atoms with Crippen molar-refractivity contribution in [2.24, 2.45) is 5.92 Å². The molecule has 1 aromatic rings. The van der Waals surface area contributed by atoms with Crippen LogP contribution in [0.5, 0.6) is 0 Å². The number of rotatable bonds is 8. The van der Waals surface area contributed by atoms with Crippen molar-refractivity contribution in [1.82, 2.24) is 10.6 Å². The molecule has 25 heavy (non-hydrogen) atoms. The number of carbonyl (C=O) groups excluding carboxylic acids is 3. The highest BCUT2D eigenvalue weighted by Gasteiger charge is 2.28. The highest BCUT2D eigenvalue weighted by Crippen LogP contribution is 2.08. The molecule has 7 heteroatoms. The third-order valence-corrected chi connectivity index (χ3v) is 3.32. The normalized spacial score (nSPS) is 12.6. The van der Waals surface area contributed by atoms with Crippen LogP contribution < -0.4 is 16.0 Å². The molecule has 0 aliphatic rings. The first-order chi connectivity index (χ1) is 11.8. The maximum atomic E-state index is 12.3. The van der Waals surface area contributed by atoms with Gasteiger partial charge in [0.1, 0.15) is 6.04 Å². The summed E-state index contributed by atoms with van der Waals surface area (Å²) in [5, 5.41) is 7.76. The summed E-state index contributed by atoms with van der Waals surface area (Å²) in [6.45, 7) is 8.80. The molecule has 0 fully saturated rings. The molecular weight excluding hydrogens is 322 g/mol. The van der Waals surface area contributed by atoms with Gasteiger partial charge in [-0.25, -0.2) is 9.59 Å². The molecule has 3 N–H and O–H groups in total. The molecular formula is C18H25N3O4. The fraction of sp³-hybridized carbons (Fsp3) is 0.389. The fourth-order valence-corrected chi connectivity index (χ4v) is 1.95. The van der Waals surface area contributed by atoms with E-state index in [2.05, 4.69) is 22.5 Å². The molecule has 0 radical (unpaired) electrons. The lowest BCUT2D eigenvalue weighted by Crippen LogP contribution is -2.49. The topological polar surface area (TPSA) is 96.5 Å². The molecule has 0 saturated heterocycles. The van der Waals surface area contributed by atoms with Crippen LogP contribution in [0.4, 0.5) is 10.5 Å². The van der Waals surface area contributed by atoms with E-state index < -0.39 is 30.1 Å². The summed E-state index contributed by atoms with van der Waals surface area (Å²) in [6.07, 6.45) is 0.562. The summed E-state index contributed by atoms with van der Waals surface area (Å²) in [6, 6.07) is 7.46. The van der Waals surface area contributed by atoms with Crippen LogP contribution in [-0.4, -0.2) is 36.6 Å². The van der Waals surface area contributed by atoms with Crippen molar-refractivity contribution in [3.8, 4) is 0 Å². The minimum Gasteiger partial charge on any atom is -0.451 e. The Morgan fingerprint density at radius 3 is 2.36 bits per heavy atom.